The van der Waals surface area contributed by atoms with E-state index in [0.717, 1.165) is 11.3 Å². The van der Waals surface area contributed by atoms with Crippen molar-refractivity contribution in [3.63, 3.8) is 0 Å². The lowest BCUT2D eigenvalue weighted by molar-refractivity contribution is -0.119. The van der Waals surface area contributed by atoms with Crippen LogP contribution in [0.15, 0.2) is 0 Å². The number of aryl methyl sites for hydroxylation is 1. The smallest absolute Gasteiger partial charge is 0.239 e. The van der Waals surface area contributed by atoms with Gasteiger partial charge in [0.05, 0.1) is 12.2 Å². The second kappa shape index (κ2) is 6.69. The Morgan fingerprint density at radius 3 is 2.58 bits per heavy atom. The van der Waals surface area contributed by atoms with Gasteiger partial charge in [-0.2, -0.15) is 10.4 Å². The summed E-state index contributed by atoms with van der Waals surface area (Å²) < 4.78 is 0. The number of carbonyl (C=O) groups excluding carboxylic acids is 1. The zero-order valence-electron chi connectivity index (χ0n) is 11.8. The number of amides is 1. The highest BCUT2D eigenvalue weighted by Crippen LogP contribution is 2.20. The number of rotatable bonds is 5. The van der Waals surface area contributed by atoms with Gasteiger partial charge < -0.3 is 10.2 Å². The first kappa shape index (κ1) is 14.9. The van der Waals surface area contributed by atoms with Gasteiger partial charge in [-0.25, -0.2) is 0 Å². The highest BCUT2D eigenvalue weighted by Gasteiger charge is 2.18. The maximum Gasteiger partial charge on any atom is 0.239 e. The van der Waals surface area contributed by atoms with E-state index >= 15 is 0 Å². The highest BCUT2D eigenvalue weighted by molar-refractivity contribution is 5.81. The topological polar surface area (TPSA) is 81.9 Å². The second-order valence-electron chi connectivity index (χ2n) is 4.19. The molecule has 0 aliphatic rings. The average Bonchev–Trinajstić information content (AvgIpc) is 2.39. The van der Waals surface area contributed by atoms with Crippen molar-refractivity contribution in [3.8, 4) is 6.07 Å². The molecule has 1 rings (SSSR count). The molecule has 0 radical (unpaired) electrons. The van der Waals surface area contributed by atoms with E-state index in [0.29, 0.717) is 24.5 Å². The molecule has 102 valence electrons. The molecule has 6 heteroatoms. The Balaban J connectivity index is 3.09. The summed E-state index contributed by atoms with van der Waals surface area (Å²) in [4.78, 5) is 13.4. The van der Waals surface area contributed by atoms with Gasteiger partial charge in [-0.05, 0) is 33.3 Å². The van der Waals surface area contributed by atoms with Crippen LogP contribution in [0.2, 0.25) is 0 Å². The first-order valence-corrected chi connectivity index (χ1v) is 6.30. The van der Waals surface area contributed by atoms with Gasteiger partial charge in [0.25, 0.3) is 0 Å². The van der Waals surface area contributed by atoms with Crippen LogP contribution >= 0.6 is 0 Å². The number of hydrogen-bond donors (Lipinski definition) is 1. The molecular formula is C13H19N5O. The van der Waals surface area contributed by atoms with E-state index in [1.54, 1.807) is 4.90 Å². The number of hydrogen-bond acceptors (Lipinski definition) is 5. The normalized spacial score (nSPS) is 9.84. The Hall–Kier alpha value is -2.16. The van der Waals surface area contributed by atoms with Crippen molar-refractivity contribution < 1.29 is 4.79 Å². The first-order chi connectivity index (χ1) is 9.04. The van der Waals surface area contributed by atoms with Crippen LogP contribution in [-0.2, 0) is 4.79 Å². The molecule has 19 heavy (non-hydrogen) atoms. The molecule has 0 bridgehead atoms. The van der Waals surface area contributed by atoms with E-state index in [4.69, 9.17) is 0 Å². The lowest BCUT2D eigenvalue weighted by Crippen LogP contribution is -2.38. The van der Waals surface area contributed by atoms with Crippen LogP contribution in [0.5, 0.6) is 0 Å². The van der Waals surface area contributed by atoms with Crippen LogP contribution in [0.1, 0.15) is 30.7 Å². The van der Waals surface area contributed by atoms with Crippen molar-refractivity contribution in [3.05, 3.63) is 16.8 Å². The minimum absolute atomic E-state index is 0.0896. The maximum absolute atomic E-state index is 11.7. The van der Waals surface area contributed by atoms with Gasteiger partial charge in [-0.1, -0.05) is 0 Å². The van der Waals surface area contributed by atoms with Gasteiger partial charge in [-0.15, -0.1) is 5.10 Å². The predicted octanol–water partition coefficient (Wildman–Crippen LogP) is 0.928. The Morgan fingerprint density at radius 1 is 1.37 bits per heavy atom. The fourth-order valence-electron chi connectivity index (χ4n) is 1.71. The SMILES string of the molecule is CCNC(=O)CN(CC)c1nnc(C)c(C)c1C#N. The summed E-state index contributed by atoms with van der Waals surface area (Å²) >= 11 is 0. The van der Waals surface area contributed by atoms with Crippen LogP contribution in [0, 0.1) is 25.2 Å². The number of anilines is 1. The summed E-state index contributed by atoms with van der Waals surface area (Å²) in [6.07, 6.45) is 0. The number of aromatic nitrogens is 2. The number of nitrogens with one attached hydrogen (secondary N) is 1. The summed E-state index contributed by atoms with van der Waals surface area (Å²) in [5, 5.41) is 20.1. The summed E-state index contributed by atoms with van der Waals surface area (Å²) in [6, 6.07) is 2.15. The molecule has 0 fully saturated rings. The third-order valence-electron chi connectivity index (χ3n) is 2.94. The van der Waals surface area contributed by atoms with Crippen molar-refractivity contribution in [2.45, 2.75) is 27.7 Å². The Morgan fingerprint density at radius 2 is 2.05 bits per heavy atom. The predicted molar refractivity (Wildman–Crippen MR) is 72.8 cm³/mol. The van der Waals surface area contributed by atoms with Crippen molar-refractivity contribution in [2.24, 2.45) is 0 Å². The summed E-state index contributed by atoms with van der Waals surface area (Å²) in [6.45, 7) is 8.78. The molecule has 0 aliphatic heterocycles. The largest absolute Gasteiger partial charge is 0.355 e. The quantitative estimate of drug-likeness (QED) is 0.852. The molecule has 6 nitrogen and oxygen atoms in total. The molecule has 0 aromatic carbocycles. The Bertz CT molecular complexity index is 506. The van der Waals surface area contributed by atoms with E-state index in [1.165, 1.54) is 0 Å². The average molecular weight is 261 g/mol. The second-order valence-corrected chi connectivity index (χ2v) is 4.19. The zero-order valence-corrected chi connectivity index (χ0v) is 11.8. The minimum Gasteiger partial charge on any atom is -0.355 e. The molecule has 1 N–H and O–H groups in total. The molecule has 1 aromatic rings. The highest BCUT2D eigenvalue weighted by atomic mass is 16.2. The lowest BCUT2D eigenvalue weighted by Gasteiger charge is -2.22. The molecular weight excluding hydrogens is 242 g/mol. The van der Waals surface area contributed by atoms with E-state index in [2.05, 4.69) is 21.6 Å². The van der Waals surface area contributed by atoms with Gasteiger partial charge in [0.2, 0.25) is 5.91 Å². The monoisotopic (exact) mass is 261 g/mol. The molecule has 1 aromatic heterocycles. The van der Waals surface area contributed by atoms with Crippen LogP contribution in [0.4, 0.5) is 5.82 Å². The summed E-state index contributed by atoms with van der Waals surface area (Å²) in [5.74, 6) is 0.382. The molecule has 0 saturated carbocycles. The van der Waals surface area contributed by atoms with Crippen LogP contribution in [0.3, 0.4) is 0 Å². The van der Waals surface area contributed by atoms with Crippen molar-refractivity contribution in [1.29, 1.82) is 5.26 Å². The number of nitriles is 1. The van der Waals surface area contributed by atoms with Gasteiger partial charge in [0, 0.05) is 13.1 Å². The van der Waals surface area contributed by atoms with E-state index in [1.807, 2.05) is 27.7 Å². The van der Waals surface area contributed by atoms with Crippen LogP contribution in [-0.4, -0.2) is 35.7 Å². The first-order valence-electron chi connectivity index (χ1n) is 6.30. The third kappa shape index (κ3) is 3.41. The van der Waals surface area contributed by atoms with Gasteiger partial charge in [-0.3, -0.25) is 4.79 Å². The fraction of sp³-hybridized carbons (Fsp3) is 0.538. The van der Waals surface area contributed by atoms with Crippen molar-refractivity contribution >= 4 is 11.7 Å². The Labute approximate surface area is 113 Å². The molecule has 0 unspecified atom stereocenters. The molecule has 1 amide bonds. The van der Waals surface area contributed by atoms with Gasteiger partial charge in [0.1, 0.15) is 11.6 Å². The van der Waals surface area contributed by atoms with Crippen molar-refractivity contribution in [2.75, 3.05) is 24.5 Å². The molecule has 0 aliphatic carbocycles. The molecule has 0 spiro atoms. The molecule has 1 heterocycles. The van der Waals surface area contributed by atoms with Gasteiger partial charge >= 0.3 is 0 Å². The van der Waals surface area contributed by atoms with E-state index in [-0.39, 0.29) is 12.5 Å². The van der Waals surface area contributed by atoms with Crippen molar-refractivity contribution in [1.82, 2.24) is 15.5 Å². The number of carbonyl (C=O) groups is 1. The maximum atomic E-state index is 11.7. The van der Waals surface area contributed by atoms with E-state index in [9.17, 15) is 10.1 Å². The lowest BCUT2D eigenvalue weighted by atomic mass is 10.1. The Kier molecular flexibility index (Phi) is 5.24. The van der Waals surface area contributed by atoms with Gasteiger partial charge in [0.15, 0.2) is 5.82 Å². The number of likely N-dealkylation sites (N-methyl/N-ethyl adjacent to an activating group) is 2. The van der Waals surface area contributed by atoms with E-state index < -0.39 is 0 Å². The number of nitrogens with zero attached hydrogens (tertiary/aromatic N) is 4. The van der Waals surface area contributed by atoms with Crippen LogP contribution in [0.25, 0.3) is 0 Å². The molecule has 0 saturated heterocycles. The minimum atomic E-state index is -0.0896. The van der Waals surface area contributed by atoms with Crippen LogP contribution < -0.4 is 10.2 Å². The standard InChI is InChI=1S/C13H19N5O/c1-5-15-12(19)8-18(6-2)13-11(7-14)9(3)10(4)16-17-13/h5-6,8H2,1-4H3,(H,15,19). The summed E-state index contributed by atoms with van der Waals surface area (Å²) in [5.41, 5.74) is 2.02. The molecule has 0 atom stereocenters. The fourth-order valence-corrected chi connectivity index (χ4v) is 1.71. The zero-order chi connectivity index (χ0) is 14.4. The third-order valence-corrected chi connectivity index (χ3v) is 2.94. The summed E-state index contributed by atoms with van der Waals surface area (Å²) in [7, 11) is 0.